The summed E-state index contributed by atoms with van der Waals surface area (Å²) in [6, 6.07) is 2.85. The molecule has 1 fully saturated rings. The van der Waals surface area contributed by atoms with Crippen LogP contribution in [0, 0.1) is 5.92 Å². The van der Waals surface area contributed by atoms with E-state index < -0.39 is 5.54 Å². The van der Waals surface area contributed by atoms with E-state index in [-0.39, 0.29) is 24.6 Å². The third-order valence-electron chi connectivity index (χ3n) is 4.26. The molecule has 2 rings (SSSR count). The molecule has 4 N–H and O–H groups in total. The second kappa shape index (κ2) is 6.30. The van der Waals surface area contributed by atoms with Crippen molar-refractivity contribution in [1.29, 1.82) is 0 Å². The number of carbonyl (C=O) groups excluding carboxylic acids is 1. The van der Waals surface area contributed by atoms with Crippen molar-refractivity contribution in [3.8, 4) is 0 Å². The fraction of sp³-hybridized carbons (Fsp3) is 0.600. The number of carbonyl (C=O) groups is 1. The summed E-state index contributed by atoms with van der Waals surface area (Å²) >= 11 is 0. The maximum atomic E-state index is 12.2. The van der Waals surface area contributed by atoms with Crippen molar-refractivity contribution in [3.63, 3.8) is 0 Å². The van der Waals surface area contributed by atoms with Crippen molar-refractivity contribution in [2.45, 2.75) is 44.7 Å². The molecule has 116 valence electrons. The highest BCUT2D eigenvalue weighted by Crippen LogP contribution is 2.31. The Hall–Kier alpha value is -1.82. The third-order valence-corrected chi connectivity index (χ3v) is 4.26. The number of hydrogen-bond donors (Lipinski definition) is 3. The number of nitrogens with one attached hydrogen (secondary N) is 1. The molecule has 1 aromatic heterocycles. The minimum atomic E-state index is -0.548. The van der Waals surface area contributed by atoms with Crippen LogP contribution in [0.4, 0.5) is 5.69 Å². The molecule has 1 saturated carbocycles. The number of nitrogen functional groups attached to an aromatic ring is 1. The summed E-state index contributed by atoms with van der Waals surface area (Å²) in [5.74, 6) is 0.351. The molecule has 0 aromatic carbocycles. The minimum absolute atomic E-state index is 0.0721. The number of aliphatic hydroxyl groups is 1. The first-order chi connectivity index (χ1) is 9.94. The normalized spacial score (nSPS) is 25.5. The van der Waals surface area contributed by atoms with Crippen LogP contribution in [0.25, 0.3) is 0 Å². The molecular formula is C15H23N3O3. The van der Waals surface area contributed by atoms with Crippen molar-refractivity contribution >= 4 is 11.6 Å². The van der Waals surface area contributed by atoms with Gasteiger partial charge in [0.15, 0.2) is 0 Å². The number of amides is 1. The SMILES string of the molecule is CC1CCC(CO)(NC(=O)Cn2cc(N)ccc2=O)CC1. The molecule has 6 nitrogen and oxygen atoms in total. The van der Waals surface area contributed by atoms with E-state index >= 15 is 0 Å². The van der Waals surface area contributed by atoms with Gasteiger partial charge < -0.3 is 20.7 Å². The third kappa shape index (κ3) is 3.85. The van der Waals surface area contributed by atoms with Crippen LogP contribution in [-0.2, 0) is 11.3 Å². The predicted molar refractivity (Wildman–Crippen MR) is 80.7 cm³/mol. The van der Waals surface area contributed by atoms with E-state index in [2.05, 4.69) is 12.2 Å². The highest BCUT2D eigenvalue weighted by molar-refractivity contribution is 5.76. The van der Waals surface area contributed by atoms with Gasteiger partial charge in [-0.25, -0.2) is 0 Å². The van der Waals surface area contributed by atoms with E-state index in [1.54, 1.807) is 0 Å². The summed E-state index contributed by atoms with van der Waals surface area (Å²) in [5, 5.41) is 12.5. The molecule has 1 aliphatic rings. The summed E-state index contributed by atoms with van der Waals surface area (Å²) in [6.07, 6.45) is 4.96. The van der Waals surface area contributed by atoms with Gasteiger partial charge in [0, 0.05) is 18.0 Å². The molecular weight excluding hydrogens is 270 g/mol. The largest absolute Gasteiger partial charge is 0.398 e. The predicted octanol–water partition coefficient (Wildman–Crippen LogP) is 0.488. The van der Waals surface area contributed by atoms with Crippen LogP contribution in [0.3, 0.4) is 0 Å². The summed E-state index contributed by atoms with van der Waals surface area (Å²) in [5.41, 5.74) is 5.24. The van der Waals surface area contributed by atoms with Gasteiger partial charge in [-0.3, -0.25) is 9.59 Å². The first-order valence-corrected chi connectivity index (χ1v) is 7.32. The van der Waals surface area contributed by atoms with Gasteiger partial charge in [0.1, 0.15) is 6.54 Å². The Morgan fingerprint density at radius 2 is 2.14 bits per heavy atom. The lowest BCUT2D eigenvalue weighted by atomic mass is 9.77. The van der Waals surface area contributed by atoms with E-state index in [9.17, 15) is 14.7 Å². The summed E-state index contributed by atoms with van der Waals surface area (Å²) in [7, 11) is 0. The van der Waals surface area contributed by atoms with Gasteiger partial charge in [-0.05, 0) is 37.7 Å². The lowest BCUT2D eigenvalue weighted by Crippen LogP contribution is -2.54. The number of aliphatic hydroxyl groups excluding tert-OH is 1. The van der Waals surface area contributed by atoms with Gasteiger partial charge in [0.05, 0.1) is 12.1 Å². The topological polar surface area (TPSA) is 97.3 Å². The number of nitrogens with zero attached hydrogens (tertiary/aromatic N) is 1. The molecule has 1 aliphatic carbocycles. The lowest BCUT2D eigenvalue weighted by Gasteiger charge is -2.38. The molecule has 0 bridgehead atoms. The second-order valence-electron chi connectivity index (χ2n) is 6.10. The standard InChI is InChI=1S/C15H23N3O3/c1-11-4-6-15(10-19,7-5-11)17-13(20)9-18-8-12(16)2-3-14(18)21/h2-3,8,11,19H,4-7,9-10,16H2,1H3,(H,17,20). The highest BCUT2D eigenvalue weighted by Gasteiger charge is 2.34. The monoisotopic (exact) mass is 293 g/mol. The Morgan fingerprint density at radius 1 is 1.48 bits per heavy atom. The molecule has 1 aromatic rings. The average molecular weight is 293 g/mol. The Labute approximate surface area is 124 Å². The van der Waals surface area contributed by atoms with Crippen molar-refractivity contribution in [1.82, 2.24) is 9.88 Å². The van der Waals surface area contributed by atoms with E-state index in [1.807, 2.05) is 0 Å². The summed E-state index contributed by atoms with van der Waals surface area (Å²) in [6.45, 7) is 2.02. The van der Waals surface area contributed by atoms with Crippen LogP contribution in [0.15, 0.2) is 23.1 Å². The second-order valence-corrected chi connectivity index (χ2v) is 6.10. The van der Waals surface area contributed by atoms with Crippen LogP contribution in [0.1, 0.15) is 32.6 Å². The number of rotatable bonds is 4. The number of nitrogens with two attached hydrogens (primary N) is 1. The van der Waals surface area contributed by atoms with Crippen LogP contribution < -0.4 is 16.6 Å². The summed E-state index contributed by atoms with van der Waals surface area (Å²) in [4.78, 5) is 23.8. The van der Waals surface area contributed by atoms with Crippen LogP contribution in [-0.4, -0.2) is 27.7 Å². The number of anilines is 1. The van der Waals surface area contributed by atoms with Crippen LogP contribution in [0.2, 0.25) is 0 Å². The van der Waals surface area contributed by atoms with E-state index in [4.69, 9.17) is 5.73 Å². The smallest absolute Gasteiger partial charge is 0.251 e. The average Bonchev–Trinajstić information content (AvgIpc) is 2.46. The fourth-order valence-electron chi connectivity index (χ4n) is 2.80. The van der Waals surface area contributed by atoms with Gasteiger partial charge in [0.2, 0.25) is 5.91 Å². The molecule has 21 heavy (non-hydrogen) atoms. The molecule has 0 unspecified atom stereocenters. The zero-order valence-corrected chi connectivity index (χ0v) is 12.3. The molecule has 6 heteroatoms. The molecule has 0 atom stereocenters. The summed E-state index contributed by atoms with van der Waals surface area (Å²) < 4.78 is 1.28. The lowest BCUT2D eigenvalue weighted by molar-refractivity contribution is -0.125. The van der Waals surface area contributed by atoms with Crippen LogP contribution in [0.5, 0.6) is 0 Å². The minimum Gasteiger partial charge on any atom is -0.398 e. The Morgan fingerprint density at radius 3 is 2.76 bits per heavy atom. The van der Waals surface area contributed by atoms with Crippen molar-refractivity contribution in [2.75, 3.05) is 12.3 Å². The Kier molecular flexibility index (Phi) is 4.67. The van der Waals surface area contributed by atoms with Crippen molar-refractivity contribution in [3.05, 3.63) is 28.7 Å². The maximum Gasteiger partial charge on any atom is 0.251 e. The Bertz CT molecular complexity index is 560. The molecule has 0 aliphatic heterocycles. The van der Waals surface area contributed by atoms with E-state index in [0.717, 1.165) is 25.7 Å². The number of aromatic nitrogens is 1. The molecule has 0 radical (unpaired) electrons. The van der Waals surface area contributed by atoms with Gasteiger partial charge in [-0.15, -0.1) is 0 Å². The number of hydrogen-bond acceptors (Lipinski definition) is 4. The zero-order chi connectivity index (χ0) is 15.5. The van der Waals surface area contributed by atoms with Crippen molar-refractivity contribution in [2.24, 2.45) is 5.92 Å². The molecule has 1 amide bonds. The highest BCUT2D eigenvalue weighted by atomic mass is 16.3. The zero-order valence-electron chi connectivity index (χ0n) is 12.3. The molecule has 1 heterocycles. The first kappa shape index (κ1) is 15.6. The molecule has 0 saturated heterocycles. The van der Waals surface area contributed by atoms with E-state index in [0.29, 0.717) is 11.6 Å². The quantitative estimate of drug-likeness (QED) is 0.752. The maximum absolute atomic E-state index is 12.2. The van der Waals surface area contributed by atoms with Crippen LogP contribution >= 0.6 is 0 Å². The van der Waals surface area contributed by atoms with Gasteiger partial charge >= 0.3 is 0 Å². The Balaban J connectivity index is 2.03. The van der Waals surface area contributed by atoms with Gasteiger partial charge in [-0.1, -0.05) is 6.92 Å². The first-order valence-electron chi connectivity index (χ1n) is 7.32. The molecule has 0 spiro atoms. The fourth-order valence-corrected chi connectivity index (χ4v) is 2.80. The van der Waals surface area contributed by atoms with Gasteiger partial charge in [-0.2, -0.15) is 0 Å². The van der Waals surface area contributed by atoms with Gasteiger partial charge in [0.25, 0.3) is 5.56 Å². The van der Waals surface area contributed by atoms with Crippen molar-refractivity contribution < 1.29 is 9.90 Å². The van der Waals surface area contributed by atoms with E-state index in [1.165, 1.54) is 22.9 Å². The number of pyridine rings is 1.